The predicted octanol–water partition coefficient (Wildman–Crippen LogP) is 4.45. The fourth-order valence-corrected chi connectivity index (χ4v) is 3.75. The molecule has 1 N–H and O–H groups in total. The lowest BCUT2D eigenvalue weighted by molar-refractivity contribution is 0.0616. The molecule has 0 aliphatic carbocycles. The van der Waals surface area contributed by atoms with Crippen molar-refractivity contribution in [2.24, 2.45) is 0 Å². The van der Waals surface area contributed by atoms with E-state index in [-0.39, 0.29) is 17.6 Å². The molecule has 3 rings (SSSR count). The summed E-state index contributed by atoms with van der Waals surface area (Å²) in [4.78, 5) is 13.8. The summed E-state index contributed by atoms with van der Waals surface area (Å²) in [7, 11) is 1.63. The second-order valence-corrected chi connectivity index (χ2v) is 7.54. The largest absolute Gasteiger partial charge is 0.497 e. The lowest BCUT2D eigenvalue weighted by Gasteiger charge is -2.38. The third-order valence-corrected chi connectivity index (χ3v) is 5.13. The van der Waals surface area contributed by atoms with Crippen molar-refractivity contribution in [3.8, 4) is 11.5 Å². The van der Waals surface area contributed by atoms with Crippen LogP contribution in [0, 0.1) is 0 Å². The SMILES string of the molecule is COc1ccc2c(c1)OC(C)(C)CC2NC(=O)c1ccccc1SC. The first-order valence-corrected chi connectivity index (χ1v) is 9.47. The minimum Gasteiger partial charge on any atom is -0.497 e. The van der Waals surface area contributed by atoms with Gasteiger partial charge in [0.25, 0.3) is 5.91 Å². The van der Waals surface area contributed by atoms with Crippen LogP contribution in [0.15, 0.2) is 47.4 Å². The number of nitrogens with one attached hydrogen (secondary N) is 1. The van der Waals surface area contributed by atoms with Crippen molar-refractivity contribution >= 4 is 17.7 Å². The van der Waals surface area contributed by atoms with Gasteiger partial charge in [-0.15, -0.1) is 11.8 Å². The highest BCUT2D eigenvalue weighted by Crippen LogP contribution is 2.41. The van der Waals surface area contributed by atoms with E-state index >= 15 is 0 Å². The molecule has 4 nitrogen and oxygen atoms in total. The van der Waals surface area contributed by atoms with Gasteiger partial charge in [0.05, 0.1) is 18.7 Å². The van der Waals surface area contributed by atoms with E-state index in [0.29, 0.717) is 12.0 Å². The molecule has 1 aliphatic heterocycles. The van der Waals surface area contributed by atoms with E-state index in [1.807, 2.05) is 62.6 Å². The van der Waals surface area contributed by atoms with Gasteiger partial charge in [0.1, 0.15) is 17.1 Å². The van der Waals surface area contributed by atoms with Gasteiger partial charge in [-0.3, -0.25) is 4.79 Å². The summed E-state index contributed by atoms with van der Waals surface area (Å²) in [5.41, 5.74) is 1.32. The number of benzene rings is 2. The van der Waals surface area contributed by atoms with Crippen molar-refractivity contribution in [3.63, 3.8) is 0 Å². The van der Waals surface area contributed by atoms with Crippen molar-refractivity contribution in [1.29, 1.82) is 0 Å². The molecule has 0 radical (unpaired) electrons. The zero-order valence-electron chi connectivity index (χ0n) is 15.0. The van der Waals surface area contributed by atoms with E-state index in [1.165, 1.54) is 0 Å². The first kappa shape index (κ1) is 17.7. The predicted molar refractivity (Wildman–Crippen MR) is 101 cm³/mol. The molecule has 1 atom stereocenters. The highest BCUT2D eigenvalue weighted by atomic mass is 32.2. The number of hydrogen-bond donors (Lipinski definition) is 1. The number of carbonyl (C=O) groups is 1. The number of fused-ring (bicyclic) bond motifs is 1. The molecule has 2 aromatic carbocycles. The first-order valence-electron chi connectivity index (χ1n) is 8.24. The van der Waals surface area contributed by atoms with Crippen molar-refractivity contribution in [1.82, 2.24) is 5.32 Å². The summed E-state index contributed by atoms with van der Waals surface area (Å²) in [6.45, 7) is 4.06. The second-order valence-electron chi connectivity index (χ2n) is 6.70. The summed E-state index contributed by atoms with van der Waals surface area (Å²) in [6, 6.07) is 13.3. The van der Waals surface area contributed by atoms with E-state index in [9.17, 15) is 4.79 Å². The van der Waals surface area contributed by atoms with E-state index in [2.05, 4.69) is 5.32 Å². The summed E-state index contributed by atoms with van der Waals surface area (Å²) < 4.78 is 11.4. The van der Waals surface area contributed by atoms with Crippen molar-refractivity contribution < 1.29 is 14.3 Å². The number of methoxy groups -OCH3 is 1. The zero-order chi connectivity index (χ0) is 18.0. The summed E-state index contributed by atoms with van der Waals surface area (Å²) in [6.07, 6.45) is 2.69. The topological polar surface area (TPSA) is 47.6 Å². The maximum atomic E-state index is 12.8. The third-order valence-electron chi connectivity index (χ3n) is 4.34. The Morgan fingerprint density at radius 2 is 2.04 bits per heavy atom. The molecule has 1 unspecified atom stereocenters. The average molecular weight is 357 g/mol. The van der Waals surface area contributed by atoms with Gasteiger partial charge < -0.3 is 14.8 Å². The minimum absolute atomic E-state index is 0.0607. The molecule has 132 valence electrons. The fourth-order valence-electron chi connectivity index (χ4n) is 3.16. The Kier molecular flexibility index (Phi) is 4.95. The van der Waals surface area contributed by atoms with E-state index in [0.717, 1.165) is 22.0 Å². The van der Waals surface area contributed by atoms with E-state index in [4.69, 9.17) is 9.47 Å². The monoisotopic (exact) mass is 357 g/mol. The van der Waals surface area contributed by atoms with Gasteiger partial charge in [-0.25, -0.2) is 0 Å². The number of amides is 1. The van der Waals surface area contributed by atoms with Crippen LogP contribution in [0.1, 0.15) is 42.2 Å². The van der Waals surface area contributed by atoms with Crippen LogP contribution >= 0.6 is 11.8 Å². The van der Waals surface area contributed by atoms with Crippen molar-refractivity contribution in [3.05, 3.63) is 53.6 Å². The Bertz CT molecular complexity index is 788. The smallest absolute Gasteiger partial charge is 0.252 e. The maximum absolute atomic E-state index is 12.8. The molecule has 2 aromatic rings. The number of hydrogen-bond acceptors (Lipinski definition) is 4. The molecule has 5 heteroatoms. The van der Waals surface area contributed by atoms with Crippen LogP contribution in [0.4, 0.5) is 0 Å². The Morgan fingerprint density at radius 3 is 2.76 bits per heavy atom. The molecular formula is C20H23NO3S. The average Bonchev–Trinajstić information content (AvgIpc) is 2.60. The van der Waals surface area contributed by atoms with E-state index < -0.39 is 0 Å². The Morgan fingerprint density at radius 1 is 1.28 bits per heavy atom. The van der Waals surface area contributed by atoms with Gasteiger partial charge >= 0.3 is 0 Å². The Labute approximate surface area is 152 Å². The number of carbonyl (C=O) groups excluding carboxylic acids is 1. The Balaban J connectivity index is 1.91. The van der Waals surface area contributed by atoms with Crippen LogP contribution in [-0.2, 0) is 0 Å². The van der Waals surface area contributed by atoms with Gasteiger partial charge in [-0.2, -0.15) is 0 Å². The summed E-state index contributed by atoms with van der Waals surface area (Å²) in [5.74, 6) is 1.45. The van der Waals surface area contributed by atoms with Crippen LogP contribution in [0.2, 0.25) is 0 Å². The van der Waals surface area contributed by atoms with Gasteiger partial charge in [-0.1, -0.05) is 12.1 Å². The molecule has 25 heavy (non-hydrogen) atoms. The zero-order valence-corrected chi connectivity index (χ0v) is 15.8. The van der Waals surface area contributed by atoms with Crippen LogP contribution < -0.4 is 14.8 Å². The molecule has 0 saturated carbocycles. The fraction of sp³-hybridized carbons (Fsp3) is 0.350. The summed E-state index contributed by atoms with van der Waals surface area (Å²) in [5, 5.41) is 3.19. The molecule has 0 spiro atoms. The molecular weight excluding hydrogens is 334 g/mol. The normalized spacial score (nSPS) is 18.0. The molecule has 1 aliphatic rings. The molecule has 0 fully saturated rings. The second kappa shape index (κ2) is 7.00. The lowest BCUT2D eigenvalue weighted by Crippen LogP contribution is -2.41. The number of rotatable bonds is 4. The molecule has 0 saturated heterocycles. The first-order chi connectivity index (χ1) is 11.9. The van der Waals surface area contributed by atoms with Crippen molar-refractivity contribution in [2.75, 3.05) is 13.4 Å². The number of thioether (sulfide) groups is 1. The maximum Gasteiger partial charge on any atom is 0.252 e. The third kappa shape index (κ3) is 3.76. The lowest BCUT2D eigenvalue weighted by atomic mass is 9.89. The van der Waals surface area contributed by atoms with E-state index in [1.54, 1.807) is 18.9 Å². The minimum atomic E-state index is -0.365. The van der Waals surface area contributed by atoms with Crippen molar-refractivity contribution in [2.45, 2.75) is 36.8 Å². The van der Waals surface area contributed by atoms with Gasteiger partial charge in [-0.05, 0) is 44.4 Å². The van der Waals surface area contributed by atoms with Gasteiger partial charge in [0.15, 0.2) is 0 Å². The number of ether oxygens (including phenoxy) is 2. The molecule has 1 amide bonds. The molecule has 0 bridgehead atoms. The molecule has 0 aromatic heterocycles. The van der Waals surface area contributed by atoms with Crippen LogP contribution in [0.3, 0.4) is 0 Å². The Hall–Kier alpha value is -2.14. The highest BCUT2D eigenvalue weighted by Gasteiger charge is 2.35. The quantitative estimate of drug-likeness (QED) is 0.821. The highest BCUT2D eigenvalue weighted by molar-refractivity contribution is 7.98. The van der Waals surface area contributed by atoms with Crippen LogP contribution in [0.5, 0.6) is 11.5 Å². The van der Waals surface area contributed by atoms with Crippen LogP contribution in [-0.4, -0.2) is 24.9 Å². The summed E-state index contributed by atoms with van der Waals surface area (Å²) >= 11 is 1.57. The van der Waals surface area contributed by atoms with Gasteiger partial charge in [0.2, 0.25) is 0 Å². The van der Waals surface area contributed by atoms with Crippen LogP contribution in [0.25, 0.3) is 0 Å². The molecule has 1 heterocycles. The van der Waals surface area contributed by atoms with Gasteiger partial charge in [0, 0.05) is 22.9 Å². The standard InChI is InChI=1S/C20H23NO3S/c1-20(2)12-16(14-10-9-13(23-3)11-17(14)24-20)21-19(22)15-7-5-6-8-18(15)25-4/h5-11,16H,12H2,1-4H3,(H,21,22).